The average Bonchev–Trinajstić information content (AvgIpc) is 2.53. The third kappa shape index (κ3) is 7.48. The van der Waals surface area contributed by atoms with Gasteiger partial charge in [0, 0.05) is 7.05 Å². The number of ether oxygens (including phenoxy) is 1. The SMILES string of the molecule is CNC(=O)OCc1cccc(Br)n1.OCc1cccc(Br)n1. The molecule has 0 aliphatic carbocycles. The van der Waals surface area contributed by atoms with Gasteiger partial charge in [0.25, 0.3) is 0 Å². The molecule has 0 radical (unpaired) electrons. The van der Waals surface area contributed by atoms with Gasteiger partial charge in [0.1, 0.15) is 15.8 Å². The molecule has 6 nitrogen and oxygen atoms in total. The second-order valence-corrected chi connectivity index (χ2v) is 5.51. The van der Waals surface area contributed by atoms with E-state index >= 15 is 0 Å². The van der Waals surface area contributed by atoms with E-state index in [1.165, 1.54) is 7.05 Å². The fourth-order valence-electron chi connectivity index (χ4n) is 1.28. The molecule has 0 fully saturated rings. The maximum absolute atomic E-state index is 10.7. The van der Waals surface area contributed by atoms with Crippen LogP contribution >= 0.6 is 31.9 Å². The quantitative estimate of drug-likeness (QED) is 0.728. The molecule has 0 aliphatic heterocycles. The van der Waals surface area contributed by atoms with E-state index in [0.717, 1.165) is 9.21 Å². The number of aromatic nitrogens is 2. The van der Waals surface area contributed by atoms with E-state index in [1.54, 1.807) is 12.1 Å². The van der Waals surface area contributed by atoms with Gasteiger partial charge < -0.3 is 15.2 Å². The molecule has 2 heterocycles. The van der Waals surface area contributed by atoms with Gasteiger partial charge in [-0.1, -0.05) is 12.1 Å². The minimum atomic E-state index is -0.457. The fraction of sp³-hybridized carbons (Fsp3) is 0.214. The number of pyridine rings is 2. The minimum absolute atomic E-state index is 0.000556. The van der Waals surface area contributed by atoms with Crippen molar-refractivity contribution in [2.75, 3.05) is 7.05 Å². The number of nitrogens with zero attached hydrogens (tertiary/aromatic N) is 2. The molecule has 0 aromatic carbocycles. The summed E-state index contributed by atoms with van der Waals surface area (Å²) >= 11 is 6.40. The summed E-state index contributed by atoms with van der Waals surface area (Å²) in [6, 6.07) is 10.9. The first-order chi connectivity index (χ1) is 10.5. The highest BCUT2D eigenvalue weighted by molar-refractivity contribution is 9.10. The molecular weight excluding hydrogens is 418 g/mol. The second kappa shape index (κ2) is 10.3. The van der Waals surface area contributed by atoms with Gasteiger partial charge in [-0.2, -0.15) is 0 Å². The van der Waals surface area contributed by atoms with Gasteiger partial charge in [-0.25, -0.2) is 14.8 Å². The Kier molecular flexibility index (Phi) is 8.64. The molecule has 2 aromatic rings. The molecule has 2 aromatic heterocycles. The molecule has 118 valence electrons. The van der Waals surface area contributed by atoms with Crippen molar-refractivity contribution < 1.29 is 14.6 Å². The Morgan fingerprint density at radius 1 is 1.14 bits per heavy atom. The van der Waals surface area contributed by atoms with Gasteiger partial charge in [-0.15, -0.1) is 0 Å². The van der Waals surface area contributed by atoms with Crippen LogP contribution in [-0.2, 0) is 18.0 Å². The van der Waals surface area contributed by atoms with Gasteiger partial charge in [-0.3, -0.25) is 0 Å². The Morgan fingerprint density at radius 3 is 2.14 bits per heavy atom. The molecule has 22 heavy (non-hydrogen) atoms. The minimum Gasteiger partial charge on any atom is -0.443 e. The lowest BCUT2D eigenvalue weighted by Crippen LogP contribution is -2.19. The number of rotatable bonds is 3. The maximum atomic E-state index is 10.7. The van der Waals surface area contributed by atoms with Gasteiger partial charge in [0.15, 0.2) is 0 Å². The topological polar surface area (TPSA) is 84.3 Å². The lowest BCUT2D eigenvalue weighted by Gasteiger charge is -2.02. The van der Waals surface area contributed by atoms with Crippen LogP contribution in [0.4, 0.5) is 4.79 Å². The first-order valence-electron chi connectivity index (χ1n) is 6.23. The van der Waals surface area contributed by atoms with Crippen LogP contribution in [0.3, 0.4) is 0 Å². The largest absolute Gasteiger partial charge is 0.443 e. The summed E-state index contributed by atoms with van der Waals surface area (Å²) in [5, 5.41) is 10.9. The number of hydrogen-bond donors (Lipinski definition) is 2. The average molecular weight is 433 g/mol. The van der Waals surface area contributed by atoms with Gasteiger partial charge in [0.2, 0.25) is 0 Å². The highest BCUT2D eigenvalue weighted by atomic mass is 79.9. The predicted octanol–water partition coefficient (Wildman–Crippen LogP) is 3.04. The van der Waals surface area contributed by atoms with Crippen LogP contribution < -0.4 is 5.32 Å². The number of alkyl carbamates (subject to hydrolysis) is 1. The van der Waals surface area contributed by atoms with Crippen LogP contribution in [0.15, 0.2) is 45.6 Å². The fourth-order valence-corrected chi connectivity index (χ4v) is 2.04. The monoisotopic (exact) mass is 431 g/mol. The lowest BCUT2D eigenvalue weighted by molar-refractivity contribution is 0.140. The first-order valence-corrected chi connectivity index (χ1v) is 7.82. The summed E-state index contributed by atoms with van der Waals surface area (Å²) < 4.78 is 6.28. The molecule has 8 heteroatoms. The molecule has 0 unspecified atom stereocenters. The van der Waals surface area contributed by atoms with E-state index in [1.807, 2.05) is 24.3 Å². The normalized spacial score (nSPS) is 9.45. The van der Waals surface area contributed by atoms with Crippen molar-refractivity contribution in [3.05, 3.63) is 57.0 Å². The van der Waals surface area contributed by atoms with Crippen molar-refractivity contribution in [1.82, 2.24) is 15.3 Å². The zero-order valence-corrected chi connectivity index (χ0v) is 15.0. The Morgan fingerprint density at radius 2 is 1.68 bits per heavy atom. The number of carbonyl (C=O) groups is 1. The van der Waals surface area contributed by atoms with Crippen LogP contribution in [0.2, 0.25) is 0 Å². The third-order valence-electron chi connectivity index (χ3n) is 2.26. The molecule has 0 aliphatic rings. The highest BCUT2D eigenvalue weighted by Crippen LogP contribution is 2.07. The number of halogens is 2. The molecule has 2 rings (SSSR count). The Balaban J connectivity index is 0.000000235. The number of nitrogens with one attached hydrogen (secondary N) is 1. The summed E-state index contributed by atoms with van der Waals surface area (Å²) in [5.74, 6) is 0. The smallest absolute Gasteiger partial charge is 0.407 e. The Labute approximate surface area is 145 Å². The van der Waals surface area contributed by atoms with E-state index in [0.29, 0.717) is 11.4 Å². The predicted molar refractivity (Wildman–Crippen MR) is 89.0 cm³/mol. The van der Waals surface area contributed by atoms with E-state index in [9.17, 15) is 4.79 Å². The third-order valence-corrected chi connectivity index (χ3v) is 3.15. The summed E-state index contributed by atoms with van der Waals surface area (Å²) in [5.41, 5.74) is 1.39. The van der Waals surface area contributed by atoms with Crippen molar-refractivity contribution in [2.45, 2.75) is 13.2 Å². The van der Waals surface area contributed by atoms with E-state index in [2.05, 4.69) is 47.1 Å². The second-order valence-electron chi connectivity index (χ2n) is 3.89. The van der Waals surface area contributed by atoms with Crippen LogP contribution in [0.1, 0.15) is 11.4 Å². The number of amides is 1. The first kappa shape index (κ1) is 18.5. The van der Waals surface area contributed by atoms with Gasteiger partial charge in [0.05, 0.1) is 18.0 Å². The van der Waals surface area contributed by atoms with Gasteiger partial charge >= 0.3 is 6.09 Å². The number of carbonyl (C=O) groups excluding carboxylic acids is 1. The number of hydrogen-bond acceptors (Lipinski definition) is 5. The van der Waals surface area contributed by atoms with Crippen LogP contribution in [0.5, 0.6) is 0 Å². The molecular formula is C14H15Br2N3O3. The maximum Gasteiger partial charge on any atom is 0.407 e. The highest BCUT2D eigenvalue weighted by Gasteiger charge is 2.00. The number of aliphatic hydroxyl groups is 1. The molecule has 1 amide bonds. The number of aliphatic hydroxyl groups excluding tert-OH is 1. The van der Waals surface area contributed by atoms with Crippen LogP contribution in [-0.4, -0.2) is 28.2 Å². The van der Waals surface area contributed by atoms with Crippen molar-refractivity contribution >= 4 is 38.0 Å². The molecule has 0 bridgehead atoms. The standard InChI is InChI=1S/C8H9BrN2O2.C6H6BrNO/c1-10-8(12)13-5-6-3-2-4-7(9)11-6;7-6-3-1-2-5(4-9)8-6/h2-4H,5H2,1H3,(H,10,12);1-3,9H,4H2. The molecule has 0 saturated carbocycles. The molecule has 2 N–H and O–H groups in total. The van der Waals surface area contributed by atoms with E-state index < -0.39 is 6.09 Å². The van der Waals surface area contributed by atoms with E-state index in [-0.39, 0.29) is 13.2 Å². The van der Waals surface area contributed by atoms with Crippen LogP contribution in [0, 0.1) is 0 Å². The lowest BCUT2D eigenvalue weighted by atomic mass is 10.4. The van der Waals surface area contributed by atoms with E-state index in [4.69, 9.17) is 9.84 Å². The summed E-state index contributed by atoms with van der Waals surface area (Å²) in [6.07, 6.45) is -0.457. The molecule has 0 spiro atoms. The van der Waals surface area contributed by atoms with Crippen molar-refractivity contribution in [3.63, 3.8) is 0 Å². The van der Waals surface area contributed by atoms with Crippen molar-refractivity contribution in [2.24, 2.45) is 0 Å². The summed E-state index contributed by atoms with van der Waals surface area (Å²) in [6.45, 7) is 0.179. The molecule has 0 atom stereocenters. The Hall–Kier alpha value is -1.51. The summed E-state index contributed by atoms with van der Waals surface area (Å²) in [4.78, 5) is 18.7. The van der Waals surface area contributed by atoms with Crippen LogP contribution in [0.25, 0.3) is 0 Å². The van der Waals surface area contributed by atoms with Crippen molar-refractivity contribution in [1.29, 1.82) is 0 Å². The molecule has 0 saturated heterocycles. The Bertz CT molecular complexity index is 611. The van der Waals surface area contributed by atoms with Crippen molar-refractivity contribution in [3.8, 4) is 0 Å². The summed E-state index contributed by atoms with van der Waals surface area (Å²) in [7, 11) is 1.51. The van der Waals surface area contributed by atoms with Gasteiger partial charge in [-0.05, 0) is 56.1 Å². The zero-order valence-electron chi connectivity index (χ0n) is 11.8. The zero-order chi connectivity index (χ0) is 16.4.